The summed E-state index contributed by atoms with van der Waals surface area (Å²) in [6.45, 7) is 2.30. The third kappa shape index (κ3) is 3.39. The smallest absolute Gasteiger partial charge is 0.423 e. The van der Waals surface area contributed by atoms with E-state index in [1.807, 2.05) is 12.1 Å². The van der Waals surface area contributed by atoms with Crippen molar-refractivity contribution in [2.75, 3.05) is 24.6 Å². The fourth-order valence-electron chi connectivity index (χ4n) is 2.00. The van der Waals surface area contributed by atoms with Gasteiger partial charge in [-0.05, 0) is 11.0 Å². The van der Waals surface area contributed by atoms with E-state index in [4.69, 9.17) is 0 Å². The van der Waals surface area contributed by atoms with Crippen LogP contribution >= 0.6 is 0 Å². The van der Waals surface area contributed by atoms with Gasteiger partial charge in [0.25, 0.3) is 0 Å². The van der Waals surface area contributed by atoms with Gasteiger partial charge in [0, 0.05) is 41.9 Å². The average molecular weight is 253 g/mol. The zero-order valence-electron chi connectivity index (χ0n) is 9.58. The van der Waals surface area contributed by atoms with Gasteiger partial charge in [-0.2, -0.15) is 0 Å². The van der Waals surface area contributed by atoms with Crippen molar-refractivity contribution in [1.29, 1.82) is 0 Å². The van der Waals surface area contributed by atoms with Crippen LogP contribution in [0, 0.1) is 0 Å². The van der Waals surface area contributed by atoms with Gasteiger partial charge in [-0.1, -0.05) is 24.3 Å². The summed E-state index contributed by atoms with van der Waals surface area (Å²) in [6.07, 6.45) is 0. The van der Waals surface area contributed by atoms with Crippen LogP contribution in [0.4, 0.5) is 0 Å². The Morgan fingerprint density at radius 3 is 2.53 bits per heavy atom. The lowest BCUT2D eigenvalue weighted by atomic mass is 9.77. The Kier molecular flexibility index (Phi) is 4.33. The maximum atomic E-state index is 11.2. The second-order valence-electron chi connectivity index (χ2n) is 4.20. The standard InChI is InChI=1S/C11H16BNO3S/c14-12(15)11-4-2-1-3-10(11)9-13-5-7-17(16)8-6-13/h1-4,14-15H,5-9H2. The molecule has 2 N–H and O–H groups in total. The Balaban J connectivity index is 2.05. The molecule has 17 heavy (non-hydrogen) atoms. The van der Waals surface area contributed by atoms with E-state index in [9.17, 15) is 14.3 Å². The van der Waals surface area contributed by atoms with E-state index < -0.39 is 17.9 Å². The van der Waals surface area contributed by atoms with Crippen LogP contribution in [0.1, 0.15) is 5.56 Å². The van der Waals surface area contributed by atoms with Crippen LogP contribution in [0.25, 0.3) is 0 Å². The van der Waals surface area contributed by atoms with E-state index in [2.05, 4.69) is 4.90 Å². The molecular formula is C11H16BNO3S. The molecule has 0 saturated carbocycles. The molecule has 0 spiro atoms. The van der Waals surface area contributed by atoms with E-state index >= 15 is 0 Å². The van der Waals surface area contributed by atoms with Gasteiger partial charge < -0.3 is 10.0 Å². The summed E-state index contributed by atoms with van der Waals surface area (Å²) in [6, 6.07) is 7.31. The van der Waals surface area contributed by atoms with Crippen molar-refractivity contribution < 1.29 is 14.3 Å². The molecule has 92 valence electrons. The number of hydrogen-bond acceptors (Lipinski definition) is 4. The van der Waals surface area contributed by atoms with E-state index in [0.717, 1.165) is 18.7 Å². The normalized spacial score (nSPS) is 18.2. The fraction of sp³-hybridized carbons (Fsp3) is 0.455. The second kappa shape index (κ2) is 5.77. The Hall–Kier alpha value is -0.685. The van der Waals surface area contributed by atoms with Crippen LogP contribution in [0.3, 0.4) is 0 Å². The first kappa shape index (κ1) is 12.8. The maximum Gasteiger partial charge on any atom is 0.488 e. The Morgan fingerprint density at radius 1 is 1.24 bits per heavy atom. The monoisotopic (exact) mass is 253 g/mol. The first-order valence-corrected chi connectivity index (χ1v) is 7.17. The van der Waals surface area contributed by atoms with Crippen LogP contribution in [0.5, 0.6) is 0 Å². The minimum absolute atomic E-state index is 0.555. The first-order chi connectivity index (χ1) is 8.16. The van der Waals surface area contributed by atoms with Gasteiger partial charge in [-0.3, -0.25) is 9.11 Å². The zero-order chi connectivity index (χ0) is 12.3. The lowest BCUT2D eigenvalue weighted by molar-refractivity contribution is 0.291. The predicted octanol–water partition coefficient (Wildman–Crippen LogP) is -1.07. The van der Waals surface area contributed by atoms with Crippen molar-refractivity contribution in [2.45, 2.75) is 6.54 Å². The molecule has 4 nitrogen and oxygen atoms in total. The highest BCUT2D eigenvalue weighted by molar-refractivity contribution is 7.85. The molecule has 1 heterocycles. The molecule has 0 aromatic heterocycles. The molecule has 0 amide bonds. The SMILES string of the molecule is O=S1CCN(Cc2ccccc2B(O)O)CC1. The highest BCUT2D eigenvalue weighted by Crippen LogP contribution is 2.07. The zero-order valence-corrected chi connectivity index (χ0v) is 10.4. The number of hydrogen-bond donors (Lipinski definition) is 2. The van der Waals surface area contributed by atoms with E-state index in [1.165, 1.54) is 0 Å². The van der Waals surface area contributed by atoms with E-state index in [1.54, 1.807) is 12.1 Å². The summed E-state index contributed by atoms with van der Waals surface area (Å²) in [5, 5.41) is 18.5. The van der Waals surface area contributed by atoms with Crippen molar-refractivity contribution >= 4 is 23.4 Å². The fourth-order valence-corrected chi connectivity index (χ4v) is 3.13. The second-order valence-corrected chi connectivity index (χ2v) is 5.89. The van der Waals surface area contributed by atoms with Crippen LogP contribution in [0.15, 0.2) is 24.3 Å². The Bertz CT molecular complexity index is 403. The van der Waals surface area contributed by atoms with Gasteiger partial charge in [0.15, 0.2) is 0 Å². The molecule has 1 aliphatic rings. The first-order valence-electron chi connectivity index (χ1n) is 5.68. The summed E-state index contributed by atoms with van der Waals surface area (Å²) in [7, 11) is -2.10. The van der Waals surface area contributed by atoms with Crippen LogP contribution in [-0.2, 0) is 17.3 Å². The Morgan fingerprint density at radius 2 is 1.88 bits per heavy atom. The van der Waals surface area contributed by atoms with Crippen LogP contribution in [-0.4, -0.2) is 50.9 Å². The molecule has 1 aromatic carbocycles. The molecule has 1 saturated heterocycles. The minimum Gasteiger partial charge on any atom is -0.423 e. The lowest BCUT2D eigenvalue weighted by Crippen LogP contribution is -2.40. The highest BCUT2D eigenvalue weighted by atomic mass is 32.2. The molecular weight excluding hydrogens is 237 g/mol. The summed E-state index contributed by atoms with van der Waals surface area (Å²) in [5.41, 5.74) is 1.48. The number of benzene rings is 1. The molecule has 1 aromatic rings. The third-order valence-corrected chi connectivity index (χ3v) is 4.27. The van der Waals surface area contributed by atoms with Crippen molar-refractivity contribution in [3.05, 3.63) is 29.8 Å². The third-order valence-electron chi connectivity index (χ3n) is 3.00. The molecule has 6 heteroatoms. The van der Waals surface area contributed by atoms with Crippen molar-refractivity contribution in [3.63, 3.8) is 0 Å². The number of nitrogens with zero attached hydrogens (tertiary/aromatic N) is 1. The molecule has 0 atom stereocenters. The summed E-state index contributed by atoms with van der Waals surface area (Å²) < 4.78 is 11.2. The van der Waals surface area contributed by atoms with Crippen molar-refractivity contribution in [3.8, 4) is 0 Å². The van der Waals surface area contributed by atoms with Crippen LogP contribution in [0.2, 0.25) is 0 Å². The number of rotatable bonds is 3. The van der Waals surface area contributed by atoms with Gasteiger partial charge in [-0.15, -0.1) is 0 Å². The molecule has 0 aliphatic carbocycles. The van der Waals surface area contributed by atoms with Gasteiger partial charge in [-0.25, -0.2) is 0 Å². The Labute approximate surface area is 104 Å². The van der Waals surface area contributed by atoms with Crippen LogP contribution < -0.4 is 5.46 Å². The average Bonchev–Trinajstić information content (AvgIpc) is 2.32. The summed E-state index contributed by atoms with van der Waals surface area (Å²) in [4.78, 5) is 2.20. The molecule has 2 rings (SSSR count). The molecule has 1 aliphatic heterocycles. The van der Waals surface area contributed by atoms with Gasteiger partial charge in [0.05, 0.1) is 0 Å². The van der Waals surface area contributed by atoms with Gasteiger partial charge >= 0.3 is 7.12 Å². The minimum atomic E-state index is -1.43. The molecule has 0 unspecified atom stereocenters. The summed E-state index contributed by atoms with van der Waals surface area (Å²) in [5.74, 6) is 1.42. The summed E-state index contributed by atoms with van der Waals surface area (Å²) >= 11 is 0. The van der Waals surface area contributed by atoms with Gasteiger partial charge in [0.2, 0.25) is 0 Å². The largest absolute Gasteiger partial charge is 0.488 e. The van der Waals surface area contributed by atoms with E-state index in [-0.39, 0.29) is 0 Å². The predicted molar refractivity (Wildman–Crippen MR) is 69.4 cm³/mol. The molecule has 0 bridgehead atoms. The lowest BCUT2D eigenvalue weighted by Gasteiger charge is -2.26. The van der Waals surface area contributed by atoms with E-state index in [0.29, 0.717) is 23.5 Å². The quantitative estimate of drug-likeness (QED) is 0.673. The highest BCUT2D eigenvalue weighted by Gasteiger charge is 2.19. The topological polar surface area (TPSA) is 60.8 Å². The maximum absolute atomic E-state index is 11.2. The molecule has 1 fully saturated rings. The van der Waals surface area contributed by atoms with Crippen molar-refractivity contribution in [2.24, 2.45) is 0 Å². The molecule has 0 radical (unpaired) electrons. The van der Waals surface area contributed by atoms with Crippen molar-refractivity contribution in [1.82, 2.24) is 4.90 Å². The van der Waals surface area contributed by atoms with Gasteiger partial charge in [0.1, 0.15) is 0 Å².